The Morgan fingerprint density at radius 2 is 2.33 bits per heavy atom. The van der Waals surface area contributed by atoms with E-state index in [9.17, 15) is 4.39 Å². The van der Waals surface area contributed by atoms with Crippen LogP contribution >= 0.6 is 0 Å². The van der Waals surface area contributed by atoms with E-state index in [2.05, 4.69) is 6.07 Å². The van der Waals surface area contributed by atoms with E-state index in [0.29, 0.717) is 5.56 Å². The number of rotatable bonds is 1. The van der Waals surface area contributed by atoms with Crippen LogP contribution in [0.25, 0.3) is 0 Å². The third kappa shape index (κ3) is 1.50. The topological polar surface area (TPSA) is 20.2 Å². The molecule has 0 fully saturated rings. The van der Waals surface area contributed by atoms with Gasteiger partial charge < -0.3 is 5.11 Å². The second-order valence-electron chi connectivity index (χ2n) is 1.72. The summed E-state index contributed by atoms with van der Waals surface area (Å²) in [5.41, 5.74) is 0.551. The number of aliphatic hydroxyl groups excluding tert-OH is 1. The summed E-state index contributed by atoms with van der Waals surface area (Å²) in [4.78, 5) is 0. The number of benzene rings is 1. The maximum atomic E-state index is 12.2. The zero-order valence-corrected chi connectivity index (χ0v) is 4.76. The fourth-order valence-electron chi connectivity index (χ4n) is 0.580. The molecule has 0 saturated carbocycles. The van der Waals surface area contributed by atoms with Crippen LogP contribution in [0.2, 0.25) is 0 Å². The van der Waals surface area contributed by atoms with Gasteiger partial charge in [0.2, 0.25) is 0 Å². The summed E-state index contributed by atoms with van der Waals surface area (Å²) >= 11 is 0. The van der Waals surface area contributed by atoms with Crippen molar-refractivity contribution in [2.45, 2.75) is 6.61 Å². The molecule has 1 aromatic carbocycles. The van der Waals surface area contributed by atoms with E-state index in [-0.39, 0.29) is 12.4 Å². The minimum atomic E-state index is -0.360. The zero-order chi connectivity index (χ0) is 6.69. The van der Waals surface area contributed by atoms with Crippen LogP contribution in [0.4, 0.5) is 4.39 Å². The van der Waals surface area contributed by atoms with E-state index in [1.54, 1.807) is 6.07 Å². The van der Waals surface area contributed by atoms with Gasteiger partial charge >= 0.3 is 0 Å². The van der Waals surface area contributed by atoms with Crippen LogP contribution in [-0.2, 0) is 6.61 Å². The van der Waals surface area contributed by atoms with Crippen molar-refractivity contribution in [3.05, 3.63) is 35.6 Å². The highest BCUT2D eigenvalue weighted by atomic mass is 19.1. The maximum Gasteiger partial charge on any atom is 0.124 e. The average Bonchev–Trinajstić information content (AvgIpc) is 1.88. The van der Waals surface area contributed by atoms with Crippen molar-refractivity contribution in [3.63, 3.8) is 0 Å². The summed E-state index contributed by atoms with van der Waals surface area (Å²) in [5, 5.41) is 8.48. The van der Waals surface area contributed by atoms with E-state index in [0.717, 1.165) is 0 Å². The highest BCUT2D eigenvalue weighted by Gasteiger charge is 1.90. The quantitative estimate of drug-likeness (QED) is 0.596. The van der Waals surface area contributed by atoms with Gasteiger partial charge in [0.15, 0.2) is 0 Å². The first-order valence-electron chi connectivity index (χ1n) is 2.59. The molecule has 0 atom stereocenters. The molecular weight excluding hydrogens is 119 g/mol. The summed E-state index contributed by atoms with van der Waals surface area (Å²) in [6.45, 7) is -0.131. The Hall–Kier alpha value is -0.890. The molecule has 0 aromatic heterocycles. The molecule has 9 heavy (non-hydrogen) atoms. The lowest BCUT2D eigenvalue weighted by Crippen LogP contribution is -1.82. The standard InChI is InChI=1S/C7H6FO/c8-7-3-1-2-6(4-7)5-9/h2-4,9H,5H2. The predicted octanol–water partition coefficient (Wildman–Crippen LogP) is 1.12. The molecule has 1 N–H and O–H groups in total. The molecule has 0 unspecified atom stereocenters. The Balaban J connectivity index is 2.94. The van der Waals surface area contributed by atoms with E-state index in [1.807, 2.05) is 0 Å². The maximum absolute atomic E-state index is 12.2. The molecule has 1 nitrogen and oxygen atoms in total. The SMILES string of the molecule is OCc1c[c]cc(F)c1. The van der Waals surface area contributed by atoms with Crippen LogP contribution in [0.15, 0.2) is 18.2 Å². The largest absolute Gasteiger partial charge is 0.392 e. The molecule has 0 saturated heterocycles. The van der Waals surface area contributed by atoms with Crippen LogP contribution in [-0.4, -0.2) is 5.11 Å². The number of hydrogen-bond acceptors (Lipinski definition) is 1. The van der Waals surface area contributed by atoms with Crippen LogP contribution in [0.5, 0.6) is 0 Å². The van der Waals surface area contributed by atoms with Gasteiger partial charge in [-0.3, -0.25) is 0 Å². The Morgan fingerprint density at radius 3 is 2.78 bits per heavy atom. The van der Waals surface area contributed by atoms with Gasteiger partial charge in [0.05, 0.1) is 6.61 Å². The Morgan fingerprint density at radius 1 is 1.56 bits per heavy atom. The van der Waals surface area contributed by atoms with Crippen molar-refractivity contribution in [1.82, 2.24) is 0 Å². The lowest BCUT2D eigenvalue weighted by atomic mass is 10.2. The highest BCUT2D eigenvalue weighted by Crippen LogP contribution is 2.01. The van der Waals surface area contributed by atoms with E-state index in [4.69, 9.17) is 5.11 Å². The van der Waals surface area contributed by atoms with E-state index >= 15 is 0 Å². The highest BCUT2D eigenvalue weighted by molar-refractivity contribution is 5.13. The lowest BCUT2D eigenvalue weighted by Gasteiger charge is -1.91. The minimum absolute atomic E-state index is 0.131. The molecule has 1 aromatic rings. The molecule has 0 aliphatic carbocycles. The first kappa shape index (κ1) is 6.23. The molecule has 1 radical (unpaired) electrons. The lowest BCUT2D eigenvalue weighted by molar-refractivity contribution is 0.281. The van der Waals surface area contributed by atoms with Gasteiger partial charge in [-0.25, -0.2) is 4.39 Å². The molecule has 2 heteroatoms. The summed E-state index contributed by atoms with van der Waals surface area (Å²) < 4.78 is 12.2. The zero-order valence-electron chi connectivity index (χ0n) is 4.76. The fraction of sp³-hybridized carbons (Fsp3) is 0.143. The number of halogens is 1. The normalized spacial score (nSPS) is 9.56. The van der Waals surface area contributed by atoms with Crippen LogP contribution < -0.4 is 0 Å². The monoisotopic (exact) mass is 125 g/mol. The third-order valence-electron chi connectivity index (χ3n) is 0.996. The van der Waals surface area contributed by atoms with Gasteiger partial charge in [-0.15, -0.1) is 0 Å². The second-order valence-corrected chi connectivity index (χ2v) is 1.72. The summed E-state index contributed by atoms with van der Waals surface area (Å²) in [5.74, 6) is -0.360. The Bertz CT molecular complexity index is 198. The van der Waals surface area contributed by atoms with Crippen molar-refractivity contribution in [2.75, 3.05) is 0 Å². The van der Waals surface area contributed by atoms with Crippen molar-refractivity contribution >= 4 is 0 Å². The van der Waals surface area contributed by atoms with Gasteiger partial charge in [0.1, 0.15) is 5.82 Å². The fourth-order valence-corrected chi connectivity index (χ4v) is 0.580. The molecular formula is C7H6FO. The van der Waals surface area contributed by atoms with Crippen LogP contribution in [0, 0.1) is 11.9 Å². The molecule has 0 aliphatic rings. The molecule has 47 valence electrons. The average molecular weight is 125 g/mol. The van der Waals surface area contributed by atoms with Crippen molar-refractivity contribution < 1.29 is 9.50 Å². The number of aliphatic hydroxyl groups is 1. The Kier molecular flexibility index (Phi) is 1.80. The van der Waals surface area contributed by atoms with Gasteiger partial charge in [0, 0.05) is 0 Å². The molecule has 0 aliphatic heterocycles. The first-order chi connectivity index (χ1) is 4.33. The summed E-state index contributed by atoms with van der Waals surface area (Å²) in [6.07, 6.45) is 0. The molecule has 1 rings (SSSR count). The second kappa shape index (κ2) is 2.60. The van der Waals surface area contributed by atoms with Crippen LogP contribution in [0.3, 0.4) is 0 Å². The van der Waals surface area contributed by atoms with E-state index < -0.39 is 0 Å². The molecule has 0 spiro atoms. The summed E-state index contributed by atoms with van der Waals surface area (Å²) in [6, 6.07) is 6.59. The molecule has 0 heterocycles. The van der Waals surface area contributed by atoms with Gasteiger partial charge in [-0.05, 0) is 29.8 Å². The van der Waals surface area contributed by atoms with Crippen molar-refractivity contribution in [1.29, 1.82) is 0 Å². The van der Waals surface area contributed by atoms with E-state index in [1.165, 1.54) is 12.1 Å². The summed E-state index contributed by atoms with van der Waals surface area (Å²) in [7, 11) is 0. The minimum Gasteiger partial charge on any atom is -0.392 e. The molecule has 0 amide bonds. The predicted molar refractivity (Wildman–Crippen MR) is 31.2 cm³/mol. The number of hydrogen-bond donors (Lipinski definition) is 1. The smallest absolute Gasteiger partial charge is 0.124 e. The third-order valence-corrected chi connectivity index (χ3v) is 0.996. The van der Waals surface area contributed by atoms with Crippen molar-refractivity contribution in [3.8, 4) is 0 Å². The molecule has 0 bridgehead atoms. The Labute approximate surface area is 52.8 Å². The van der Waals surface area contributed by atoms with Crippen LogP contribution in [0.1, 0.15) is 5.56 Å². The first-order valence-corrected chi connectivity index (χ1v) is 2.59. The van der Waals surface area contributed by atoms with Gasteiger partial charge in [-0.2, -0.15) is 0 Å². The van der Waals surface area contributed by atoms with Gasteiger partial charge in [-0.1, -0.05) is 0 Å². The van der Waals surface area contributed by atoms with Crippen molar-refractivity contribution in [2.24, 2.45) is 0 Å². The van der Waals surface area contributed by atoms with Gasteiger partial charge in [0.25, 0.3) is 0 Å².